The molecule has 37 heavy (non-hydrogen) atoms. The molecule has 1 aliphatic rings. The number of hydrogen-bond donors (Lipinski definition) is 2. The Morgan fingerprint density at radius 1 is 0.919 bits per heavy atom. The van der Waals surface area contributed by atoms with Crippen LogP contribution in [0.15, 0.2) is 94.3 Å². The maximum Gasteiger partial charge on any atom is 0.267 e. The number of aromatic hydroxyl groups is 1. The van der Waals surface area contributed by atoms with Crippen LogP contribution in [0.25, 0.3) is 0 Å². The summed E-state index contributed by atoms with van der Waals surface area (Å²) in [5.74, 6) is 0.424. The fourth-order valence-electron chi connectivity index (χ4n) is 4.41. The predicted molar refractivity (Wildman–Crippen MR) is 150 cm³/mol. The van der Waals surface area contributed by atoms with Crippen LogP contribution in [0.5, 0.6) is 5.75 Å². The number of amides is 2. The second-order valence-electron chi connectivity index (χ2n) is 8.82. The van der Waals surface area contributed by atoms with Crippen LogP contribution in [0.3, 0.4) is 0 Å². The molecule has 0 fully saturated rings. The van der Waals surface area contributed by atoms with Gasteiger partial charge in [0.25, 0.3) is 5.91 Å². The SMILES string of the molecule is O=C(NCCc1ccc(O)cc1)c1ccc2n1Cc1ccccc1N(C(=O)CSc1ccc(Br)cc1)C2. The zero-order valence-corrected chi connectivity index (χ0v) is 22.5. The Kier molecular flexibility index (Phi) is 7.67. The van der Waals surface area contributed by atoms with Crippen LogP contribution in [0.1, 0.15) is 27.3 Å². The smallest absolute Gasteiger partial charge is 0.267 e. The highest BCUT2D eigenvalue weighted by atomic mass is 79.9. The molecule has 1 aliphatic heterocycles. The Bertz CT molecular complexity index is 1420. The molecule has 0 aliphatic carbocycles. The maximum atomic E-state index is 13.4. The lowest BCUT2D eigenvalue weighted by Crippen LogP contribution is -2.32. The Morgan fingerprint density at radius 2 is 1.68 bits per heavy atom. The molecular weight excluding hydrogens is 550 g/mol. The summed E-state index contributed by atoms with van der Waals surface area (Å²) in [5, 5.41) is 12.5. The van der Waals surface area contributed by atoms with E-state index in [0.717, 1.165) is 31.9 Å². The van der Waals surface area contributed by atoms with Crippen molar-refractivity contribution in [3.63, 3.8) is 0 Å². The van der Waals surface area contributed by atoms with Crippen LogP contribution in [0.4, 0.5) is 5.69 Å². The van der Waals surface area contributed by atoms with Crippen molar-refractivity contribution in [3.05, 3.63) is 112 Å². The van der Waals surface area contributed by atoms with Crippen LogP contribution < -0.4 is 10.2 Å². The number of hydrogen-bond acceptors (Lipinski definition) is 4. The first kappa shape index (κ1) is 25.2. The van der Waals surface area contributed by atoms with Gasteiger partial charge in [-0.05, 0) is 72.1 Å². The van der Waals surface area contributed by atoms with E-state index in [1.54, 1.807) is 12.1 Å². The zero-order valence-electron chi connectivity index (χ0n) is 20.1. The summed E-state index contributed by atoms with van der Waals surface area (Å²) in [6.45, 7) is 1.40. The minimum absolute atomic E-state index is 0.0231. The Balaban J connectivity index is 1.31. The second kappa shape index (κ2) is 11.3. The molecule has 2 heterocycles. The highest BCUT2D eigenvalue weighted by molar-refractivity contribution is 9.10. The molecule has 0 unspecified atom stereocenters. The normalized spacial score (nSPS) is 12.4. The molecule has 0 atom stereocenters. The third-order valence-corrected chi connectivity index (χ3v) is 7.87. The van der Waals surface area contributed by atoms with Gasteiger partial charge in [-0.1, -0.05) is 46.3 Å². The third kappa shape index (κ3) is 5.92. The number of fused-ring (bicyclic) bond motifs is 2. The van der Waals surface area contributed by atoms with Crippen LogP contribution >= 0.6 is 27.7 Å². The molecule has 0 spiro atoms. The first-order valence-electron chi connectivity index (χ1n) is 12.0. The minimum Gasteiger partial charge on any atom is -0.508 e. The van der Waals surface area contributed by atoms with E-state index < -0.39 is 0 Å². The van der Waals surface area contributed by atoms with Gasteiger partial charge in [-0.25, -0.2) is 0 Å². The van der Waals surface area contributed by atoms with E-state index in [-0.39, 0.29) is 17.6 Å². The standard InChI is InChI=1S/C29H26BrN3O3S/c30-22-7-12-25(13-8-22)37-19-28(35)33-18-23-9-14-27(32(23)17-21-3-1-2-4-26(21)33)29(36)31-16-15-20-5-10-24(34)11-6-20/h1-14,34H,15-19H2,(H,31,36). The minimum atomic E-state index is -0.145. The van der Waals surface area contributed by atoms with E-state index in [1.807, 2.05) is 82.3 Å². The average molecular weight is 577 g/mol. The van der Waals surface area contributed by atoms with Gasteiger partial charge in [-0.15, -0.1) is 11.8 Å². The number of carbonyl (C=O) groups excluding carboxylic acids is 2. The molecule has 1 aromatic heterocycles. The Morgan fingerprint density at radius 3 is 2.46 bits per heavy atom. The monoisotopic (exact) mass is 575 g/mol. The molecule has 4 aromatic rings. The topological polar surface area (TPSA) is 74.6 Å². The fraction of sp³-hybridized carbons (Fsp3) is 0.172. The number of nitrogens with zero attached hydrogens (tertiary/aromatic N) is 2. The van der Waals surface area contributed by atoms with Gasteiger partial charge in [0.2, 0.25) is 5.91 Å². The molecule has 8 heteroatoms. The summed E-state index contributed by atoms with van der Waals surface area (Å²) in [5.41, 5.74) is 4.41. The lowest BCUT2D eigenvalue weighted by atomic mass is 10.1. The van der Waals surface area contributed by atoms with E-state index in [4.69, 9.17) is 0 Å². The summed E-state index contributed by atoms with van der Waals surface area (Å²) < 4.78 is 3.01. The number of phenolic OH excluding ortho intramolecular Hbond substituents is 1. The Labute approximate surface area is 228 Å². The number of benzene rings is 3. The summed E-state index contributed by atoms with van der Waals surface area (Å²) in [4.78, 5) is 29.3. The van der Waals surface area contributed by atoms with Crippen molar-refractivity contribution in [1.29, 1.82) is 0 Å². The van der Waals surface area contributed by atoms with Gasteiger partial charge in [0, 0.05) is 27.3 Å². The number of halogens is 1. The van der Waals surface area contributed by atoms with E-state index >= 15 is 0 Å². The average Bonchev–Trinajstić information content (AvgIpc) is 3.22. The van der Waals surface area contributed by atoms with E-state index in [2.05, 4.69) is 21.2 Å². The molecule has 0 radical (unpaired) electrons. The van der Waals surface area contributed by atoms with Crippen LogP contribution in [0, 0.1) is 0 Å². The first-order valence-corrected chi connectivity index (χ1v) is 13.8. The second-order valence-corrected chi connectivity index (χ2v) is 10.8. The predicted octanol–water partition coefficient (Wildman–Crippen LogP) is 5.62. The van der Waals surface area contributed by atoms with E-state index in [9.17, 15) is 14.7 Å². The lowest BCUT2D eigenvalue weighted by molar-refractivity contribution is -0.116. The van der Waals surface area contributed by atoms with Gasteiger partial charge in [0.05, 0.1) is 18.8 Å². The molecule has 0 saturated carbocycles. The molecule has 188 valence electrons. The van der Waals surface area contributed by atoms with Crippen molar-refractivity contribution in [2.24, 2.45) is 0 Å². The quantitative estimate of drug-likeness (QED) is 0.281. The number of carbonyl (C=O) groups is 2. The highest BCUT2D eigenvalue weighted by Gasteiger charge is 2.26. The molecular formula is C29H26BrN3O3S. The fourth-order valence-corrected chi connectivity index (χ4v) is 5.45. The molecule has 6 nitrogen and oxygen atoms in total. The zero-order chi connectivity index (χ0) is 25.8. The molecule has 0 bridgehead atoms. The molecule has 5 rings (SSSR count). The van der Waals surface area contributed by atoms with E-state index in [1.165, 1.54) is 11.8 Å². The van der Waals surface area contributed by atoms with Crippen molar-refractivity contribution in [2.75, 3.05) is 17.2 Å². The maximum absolute atomic E-state index is 13.4. The number of aromatic nitrogens is 1. The van der Waals surface area contributed by atoms with Crippen LogP contribution in [0.2, 0.25) is 0 Å². The van der Waals surface area contributed by atoms with Gasteiger partial charge in [0.1, 0.15) is 11.4 Å². The summed E-state index contributed by atoms with van der Waals surface area (Å²) in [6.07, 6.45) is 0.667. The van der Waals surface area contributed by atoms with Gasteiger partial charge in [0.15, 0.2) is 0 Å². The van der Waals surface area contributed by atoms with E-state index in [0.29, 0.717) is 37.5 Å². The van der Waals surface area contributed by atoms with Crippen molar-refractivity contribution in [1.82, 2.24) is 9.88 Å². The van der Waals surface area contributed by atoms with Crippen LogP contribution in [-0.4, -0.2) is 33.8 Å². The Hall–Kier alpha value is -3.49. The summed E-state index contributed by atoms with van der Waals surface area (Å²) >= 11 is 4.96. The first-order chi connectivity index (χ1) is 18.0. The summed E-state index contributed by atoms with van der Waals surface area (Å²) in [7, 11) is 0. The largest absolute Gasteiger partial charge is 0.508 e. The molecule has 0 saturated heterocycles. The van der Waals surface area contributed by atoms with Gasteiger partial charge in [-0.2, -0.15) is 0 Å². The number of phenols is 1. The summed E-state index contributed by atoms with van der Waals surface area (Å²) in [6, 6.07) is 26.6. The van der Waals surface area contributed by atoms with Crippen LogP contribution in [-0.2, 0) is 24.3 Å². The van der Waals surface area contributed by atoms with Crippen molar-refractivity contribution >= 4 is 45.2 Å². The number of thioether (sulfide) groups is 1. The highest BCUT2D eigenvalue weighted by Crippen LogP contribution is 2.30. The molecule has 2 N–H and O–H groups in total. The number of anilines is 1. The van der Waals surface area contributed by atoms with Gasteiger partial charge >= 0.3 is 0 Å². The van der Waals surface area contributed by atoms with Crippen molar-refractivity contribution in [2.45, 2.75) is 24.4 Å². The number of rotatable bonds is 7. The third-order valence-electron chi connectivity index (χ3n) is 6.35. The van der Waals surface area contributed by atoms with Crippen molar-refractivity contribution in [3.8, 4) is 5.75 Å². The molecule has 2 amide bonds. The van der Waals surface area contributed by atoms with Gasteiger partial charge in [-0.3, -0.25) is 9.59 Å². The van der Waals surface area contributed by atoms with Crippen molar-refractivity contribution < 1.29 is 14.7 Å². The molecule has 3 aromatic carbocycles. The lowest BCUT2D eigenvalue weighted by Gasteiger charge is -2.22. The number of para-hydroxylation sites is 1. The number of nitrogens with one attached hydrogen (secondary N) is 1. The van der Waals surface area contributed by atoms with Gasteiger partial charge < -0.3 is 19.9 Å².